The van der Waals surface area contributed by atoms with Crippen LogP contribution in [0.1, 0.15) is 44.9 Å². The topological polar surface area (TPSA) is 144 Å². The van der Waals surface area contributed by atoms with Gasteiger partial charge >= 0.3 is 0 Å². The first kappa shape index (κ1) is 30.8. The number of aromatic nitrogens is 2. The molecule has 2 N–H and O–H groups in total. The molecule has 5 rings (SSSR count). The molecule has 0 radical (unpaired) electrons. The Morgan fingerprint density at radius 3 is 2.32 bits per heavy atom. The molecule has 2 aromatic carbocycles. The lowest BCUT2D eigenvalue weighted by Gasteiger charge is -2.39. The number of likely N-dealkylation sites (tertiary alicyclic amines) is 1. The molecule has 1 aliphatic heterocycles. The lowest BCUT2D eigenvalue weighted by atomic mass is 9.94. The van der Waals surface area contributed by atoms with Crippen molar-refractivity contribution in [3.05, 3.63) is 54.4 Å². The normalized spacial score (nSPS) is 16.9. The minimum atomic E-state index is -4.06. The molecule has 41 heavy (non-hydrogen) atoms. The molecule has 13 heteroatoms. The number of ether oxygens (including phenoxy) is 2. The smallest absolute Gasteiger partial charge is 0.265 e. The van der Waals surface area contributed by atoms with Gasteiger partial charge in [-0.25, -0.2) is 13.9 Å². The number of benzene rings is 2. The number of piperidine rings is 1. The molecule has 1 aliphatic carbocycles. The van der Waals surface area contributed by atoms with Crippen molar-refractivity contribution in [1.82, 2.24) is 20.5 Å². The molecule has 2 fully saturated rings. The highest BCUT2D eigenvalue weighted by atomic mass is 35.5. The molecule has 1 saturated heterocycles. The summed E-state index contributed by atoms with van der Waals surface area (Å²) in [5.74, 6) is 1.40. The van der Waals surface area contributed by atoms with Crippen LogP contribution in [0.25, 0.3) is 11.4 Å². The van der Waals surface area contributed by atoms with Crippen LogP contribution in [-0.4, -0.2) is 71.7 Å². The second-order valence-corrected chi connectivity index (χ2v) is 12.4. The molecular weight excluding hydrogens is 572 g/mol. The monoisotopic (exact) mass is 606 g/mol. The highest BCUT2D eigenvalue weighted by Crippen LogP contribution is 2.39. The highest BCUT2D eigenvalue weighted by molar-refractivity contribution is 7.93. The van der Waals surface area contributed by atoms with Crippen LogP contribution in [0.4, 0.5) is 0 Å². The van der Waals surface area contributed by atoms with E-state index in [2.05, 4.69) is 15.0 Å². The molecule has 0 unspecified atom stereocenters. The van der Waals surface area contributed by atoms with E-state index in [9.17, 15) is 18.4 Å². The summed E-state index contributed by atoms with van der Waals surface area (Å²) in [4.78, 5) is 19.4. The predicted molar refractivity (Wildman–Crippen MR) is 152 cm³/mol. The molecule has 0 atom stereocenters. The molecule has 1 saturated carbocycles. The van der Waals surface area contributed by atoms with Gasteiger partial charge in [0.1, 0.15) is 11.5 Å². The van der Waals surface area contributed by atoms with Gasteiger partial charge in [0.25, 0.3) is 5.91 Å². The van der Waals surface area contributed by atoms with Gasteiger partial charge in [0.2, 0.25) is 11.7 Å². The van der Waals surface area contributed by atoms with E-state index in [1.54, 1.807) is 17.6 Å². The van der Waals surface area contributed by atoms with Crippen molar-refractivity contribution in [2.45, 2.75) is 61.1 Å². The number of carbonyl (C=O) groups excluding carboxylic acids is 1. The van der Waals surface area contributed by atoms with Gasteiger partial charge in [-0.2, -0.15) is 4.98 Å². The maximum Gasteiger partial charge on any atom is 0.265 e. The molecule has 3 aromatic rings. The first-order valence-electron chi connectivity index (χ1n) is 13.6. The summed E-state index contributed by atoms with van der Waals surface area (Å²) in [6.45, 7) is 3.89. The van der Waals surface area contributed by atoms with Gasteiger partial charge in [0.15, 0.2) is 14.6 Å². The van der Waals surface area contributed by atoms with Crippen molar-refractivity contribution in [1.29, 1.82) is 0 Å². The minimum absolute atomic E-state index is 0. The number of hydrogen-bond donors (Lipinski definition) is 2. The van der Waals surface area contributed by atoms with Crippen molar-refractivity contribution in [3.8, 4) is 22.9 Å². The van der Waals surface area contributed by atoms with Crippen LogP contribution in [-0.2, 0) is 21.1 Å². The van der Waals surface area contributed by atoms with E-state index in [0.29, 0.717) is 62.7 Å². The Morgan fingerprint density at radius 2 is 1.71 bits per heavy atom. The Morgan fingerprint density at radius 1 is 1.07 bits per heavy atom. The summed E-state index contributed by atoms with van der Waals surface area (Å²) >= 11 is 0. The third kappa shape index (κ3) is 6.66. The average molecular weight is 607 g/mol. The van der Waals surface area contributed by atoms with Gasteiger partial charge in [-0.1, -0.05) is 5.16 Å². The molecule has 0 spiro atoms. The lowest BCUT2D eigenvalue weighted by molar-refractivity contribution is -0.133. The molecule has 0 bridgehead atoms. The maximum absolute atomic E-state index is 13.6. The number of rotatable bonds is 12. The zero-order valence-electron chi connectivity index (χ0n) is 22.8. The largest absolute Gasteiger partial charge is 0.494 e. The summed E-state index contributed by atoms with van der Waals surface area (Å²) in [6.07, 6.45) is 3.61. The Kier molecular flexibility index (Phi) is 9.90. The van der Waals surface area contributed by atoms with Gasteiger partial charge in [0.05, 0.1) is 18.1 Å². The summed E-state index contributed by atoms with van der Waals surface area (Å²) in [5, 5.41) is 13.4. The van der Waals surface area contributed by atoms with Crippen LogP contribution >= 0.6 is 12.4 Å². The summed E-state index contributed by atoms with van der Waals surface area (Å²) in [7, 11) is -4.06. The number of amides is 1. The van der Waals surface area contributed by atoms with Crippen LogP contribution < -0.4 is 15.0 Å². The van der Waals surface area contributed by atoms with Crippen LogP contribution in [0, 0.1) is 0 Å². The van der Waals surface area contributed by atoms with Crippen LogP contribution in [0.15, 0.2) is 57.9 Å². The van der Waals surface area contributed by atoms with Gasteiger partial charge < -0.3 is 18.9 Å². The summed E-state index contributed by atoms with van der Waals surface area (Å²) in [6, 6.07) is 14.0. The fraction of sp³-hybridized carbons (Fsp3) is 0.464. The SMILES string of the molecule is CCOc1ccc(-c2noc(CCCOc3ccc(S(=O)(=O)C4(C(=O)NO)CCN(C5CC5)CC4)cc3)n2)cc1.Cl. The number of carbonyl (C=O) groups is 1. The fourth-order valence-electron chi connectivity index (χ4n) is 5.10. The fourth-order valence-corrected chi connectivity index (χ4v) is 7.06. The quantitative estimate of drug-likeness (QED) is 0.177. The number of nitrogens with zero attached hydrogens (tertiary/aromatic N) is 3. The number of halogens is 1. The van der Waals surface area contributed by atoms with E-state index < -0.39 is 20.5 Å². The Bertz CT molecular complexity index is 1400. The number of hydroxylamine groups is 1. The third-order valence-corrected chi connectivity index (χ3v) is 10.0. The Hall–Kier alpha value is -3.19. The van der Waals surface area contributed by atoms with Crippen LogP contribution in [0.2, 0.25) is 0 Å². The standard InChI is InChI=1S/C28H34N4O7S.ClH/c1-2-37-22-9-5-20(6-10-22)26-29-25(39-31-26)4-3-19-38-23-11-13-24(14-12-23)40(35,36)28(27(33)30-34)15-17-32(18-16-28)21-7-8-21;/h5-6,9-14,21,34H,2-4,7-8,15-19H2,1H3,(H,30,33);1H. The van der Waals surface area contributed by atoms with E-state index >= 15 is 0 Å². The van der Waals surface area contributed by atoms with Crippen molar-refractivity contribution in [2.75, 3.05) is 26.3 Å². The summed E-state index contributed by atoms with van der Waals surface area (Å²) in [5.41, 5.74) is 2.43. The van der Waals surface area contributed by atoms with Crippen molar-refractivity contribution in [2.24, 2.45) is 0 Å². The van der Waals surface area contributed by atoms with Crippen LogP contribution in [0.3, 0.4) is 0 Å². The minimum Gasteiger partial charge on any atom is -0.494 e. The number of nitrogens with one attached hydrogen (secondary N) is 1. The molecule has 2 heterocycles. The molecule has 1 aromatic heterocycles. The van der Waals surface area contributed by atoms with E-state index in [4.69, 9.17) is 14.0 Å². The predicted octanol–water partition coefficient (Wildman–Crippen LogP) is 3.84. The number of sulfone groups is 1. The van der Waals surface area contributed by atoms with E-state index in [1.165, 1.54) is 12.1 Å². The van der Waals surface area contributed by atoms with Gasteiger partial charge in [-0.15, -0.1) is 12.4 Å². The van der Waals surface area contributed by atoms with Gasteiger partial charge in [-0.05, 0) is 87.6 Å². The van der Waals surface area contributed by atoms with Crippen LogP contribution in [0.5, 0.6) is 11.5 Å². The van der Waals surface area contributed by atoms with Gasteiger partial charge in [-0.3, -0.25) is 10.0 Å². The number of hydrogen-bond acceptors (Lipinski definition) is 10. The second kappa shape index (κ2) is 13.2. The zero-order valence-corrected chi connectivity index (χ0v) is 24.5. The van der Waals surface area contributed by atoms with E-state index in [1.807, 2.05) is 31.2 Å². The summed E-state index contributed by atoms with van der Waals surface area (Å²) < 4.78 is 42.1. The van der Waals surface area contributed by atoms with Crippen molar-refractivity contribution >= 4 is 28.2 Å². The molecule has 222 valence electrons. The maximum atomic E-state index is 13.6. The van der Waals surface area contributed by atoms with Crippen molar-refractivity contribution in [3.63, 3.8) is 0 Å². The first-order chi connectivity index (χ1) is 19.4. The lowest BCUT2D eigenvalue weighted by Crippen LogP contribution is -2.58. The first-order valence-corrected chi connectivity index (χ1v) is 15.1. The molecule has 2 aliphatic rings. The number of aryl methyl sites for hydroxylation is 1. The van der Waals surface area contributed by atoms with E-state index in [-0.39, 0.29) is 30.1 Å². The zero-order chi connectivity index (χ0) is 28.2. The molecular formula is C28H35ClN4O7S. The second-order valence-electron chi connectivity index (χ2n) is 10.1. The Balaban J connectivity index is 0.00000387. The Labute approximate surface area is 245 Å². The van der Waals surface area contributed by atoms with Gasteiger partial charge in [0, 0.05) is 31.1 Å². The molecule has 11 nitrogen and oxygen atoms in total. The third-order valence-electron chi connectivity index (χ3n) is 7.53. The molecule has 1 amide bonds. The highest BCUT2D eigenvalue weighted by Gasteiger charge is 2.54. The van der Waals surface area contributed by atoms with Crippen molar-refractivity contribution < 1.29 is 32.4 Å². The van der Waals surface area contributed by atoms with E-state index in [0.717, 1.165) is 24.2 Å². The average Bonchev–Trinajstić information content (AvgIpc) is 3.73.